The van der Waals surface area contributed by atoms with Crippen molar-refractivity contribution in [2.24, 2.45) is 0 Å². The topological polar surface area (TPSA) is 79.3 Å². The second-order valence-corrected chi connectivity index (χ2v) is 4.03. The van der Waals surface area contributed by atoms with Crippen LogP contribution in [-0.4, -0.2) is 79.5 Å². The number of nitrogens with zero attached hydrogens (tertiary/aromatic N) is 2. The molecule has 7 heteroatoms. The van der Waals surface area contributed by atoms with Crippen LogP contribution >= 0.6 is 0 Å². The Morgan fingerprint density at radius 2 is 1.89 bits per heavy atom. The first-order chi connectivity index (χ1) is 8.60. The molecule has 0 aromatic rings. The lowest BCUT2D eigenvalue weighted by molar-refractivity contribution is -0.146. The molecule has 1 rings (SSSR count). The molecule has 0 spiro atoms. The average molecular weight is 260 g/mol. The molecular weight excluding hydrogens is 240 g/mol. The first kappa shape index (κ1) is 14.7. The Hall–Kier alpha value is -1.34. The van der Waals surface area contributed by atoms with Gasteiger partial charge in [-0.05, 0) is 6.92 Å². The van der Waals surface area contributed by atoms with Gasteiger partial charge in [-0.25, -0.2) is 4.79 Å². The molecule has 1 amide bonds. The second kappa shape index (κ2) is 7.17. The van der Waals surface area contributed by atoms with Gasteiger partial charge in [0.15, 0.2) is 0 Å². The van der Waals surface area contributed by atoms with Crippen LogP contribution in [0.3, 0.4) is 0 Å². The summed E-state index contributed by atoms with van der Waals surface area (Å²) < 4.78 is 9.80. The Bertz CT molecular complexity index is 289. The van der Waals surface area contributed by atoms with Crippen LogP contribution in [0.15, 0.2) is 0 Å². The van der Waals surface area contributed by atoms with Crippen molar-refractivity contribution in [2.45, 2.75) is 13.0 Å². The van der Waals surface area contributed by atoms with Crippen molar-refractivity contribution < 1.29 is 24.2 Å². The van der Waals surface area contributed by atoms with Gasteiger partial charge in [-0.1, -0.05) is 0 Å². The van der Waals surface area contributed by atoms with Crippen LogP contribution < -0.4 is 0 Å². The highest BCUT2D eigenvalue weighted by Gasteiger charge is 2.30. The first-order valence-corrected chi connectivity index (χ1v) is 5.97. The van der Waals surface area contributed by atoms with Crippen molar-refractivity contribution in [1.29, 1.82) is 0 Å². The molecule has 1 aliphatic heterocycles. The molecule has 1 fully saturated rings. The van der Waals surface area contributed by atoms with Crippen LogP contribution in [-0.2, 0) is 14.3 Å². The fourth-order valence-electron chi connectivity index (χ4n) is 1.92. The number of methoxy groups -OCH3 is 1. The van der Waals surface area contributed by atoms with E-state index < -0.39 is 12.0 Å². The normalized spacial score (nSPS) is 18.4. The van der Waals surface area contributed by atoms with Crippen LogP contribution in [0.1, 0.15) is 6.92 Å². The fraction of sp³-hybridized carbons (Fsp3) is 0.818. The highest BCUT2D eigenvalue weighted by Crippen LogP contribution is 2.08. The van der Waals surface area contributed by atoms with E-state index in [-0.39, 0.29) is 12.7 Å². The zero-order valence-electron chi connectivity index (χ0n) is 10.8. The summed E-state index contributed by atoms with van der Waals surface area (Å²) in [6, 6.07) is -0.653. The van der Waals surface area contributed by atoms with E-state index in [1.165, 1.54) is 7.11 Å². The van der Waals surface area contributed by atoms with E-state index in [0.717, 1.165) is 0 Å². The average Bonchev–Trinajstić information content (AvgIpc) is 2.36. The Morgan fingerprint density at radius 1 is 1.28 bits per heavy atom. The summed E-state index contributed by atoms with van der Waals surface area (Å²) >= 11 is 0. The molecule has 1 heterocycles. The molecule has 1 saturated heterocycles. The van der Waals surface area contributed by atoms with Gasteiger partial charge in [-0.3, -0.25) is 9.69 Å². The minimum atomic E-state index is -0.901. The SMILES string of the molecule is CCOC(=O)N1CCN(C(COC)C(=O)O)CC1. The van der Waals surface area contributed by atoms with E-state index >= 15 is 0 Å². The van der Waals surface area contributed by atoms with Gasteiger partial charge in [0.2, 0.25) is 0 Å². The van der Waals surface area contributed by atoms with Crippen molar-refractivity contribution in [2.75, 3.05) is 46.5 Å². The van der Waals surface area contributed by atoms with E-state index in [2.05, 4.69) is 0 Å². The number of hydrogen-bond donors (Lipinski definition) is 1. The van der Waals surface area contributed by atoms with Gasteiger partial charge >= 0.3 is 12.1 Å². The fourth-order valence-corrected chi connectivity index (χ4v) is 1.92. The molecule has 7 nitrogen and oxygen atoms in total. The van der Waals surface area contributed by atoms with Gasteiger partial charge in [-0.2, -0.15) is 0 Å². The smallest absolute Gasteiger partial charge is 0.409 e. The number of carboxylic acid groups (broad SMARTS) is 1. The monoisotopic (exact) mass is 260 g/mol. The van der Waals surface area contributed by atoms with Crippen LogP contribution in [0.2, 0.25) is 0 Å². The van der Waals surface area contributed by atoms with Crippen LogP contribution in [0.5, 0.6) is 0 Å². The number of carbonyl (C=O) groups is 2. The van der Waals surface area contributed by atoms with E-state index in [1.54, 1.807) is 11.8 Å². The minimum Gasteiger partial charge on any atom is -0.480 e. The van der Waals surface area contributed by atoms with E-state index in [0.29, 0.717) is 32.8 Å². The predicted molar refractivity (Wildman–Crippen MR) is 63.5 cm³/mol. The molecule has 1 N–H and O–H groups in total. The number of piperazine rings is 1. The van der Waals surface area contributed by atoms with Crippen molar-refractivity contribution in [3.05, 3.63) is 0 Å². The Labute approximate surface area is 106 Å². The highest BCUT2D eigenvalue weighted by atomic mass is 16.6. The van der Waals surface area contributed by atoms with E-state index in [9.17, 15) is 9.59 Å². The number of rotatable bonds is 5. The summed E-state index contributed by atoms with van der Waals surface area (Å²) in [5, 5.41) is 9.09. The molecule has 0 aliphatic carbocycles. The Balaban J connectivity index is 2.46. The molecule has 1 atom stereocenters. The van der Waals surface area contributed by atoms with Crippen LogP contribution in [0.4, 0.5) is 4.79 Å². The lowest BCUT2D eigenvalue weighted by Crippen LogP contribution is -2.55. The molecule has 0 aromatic heterocycles. The summed E-state index contributed by atoms with van der Waals surface area (Å²) in [5.74, 6) is -0.901. The zero-order valence-corrected chi connectivity index (χ0v) is 10.8. The quantitative estimate of drug-likeness (QED) is 0.741. The predicted octanol–water partition coefficient (Wildman–Crippen LogP) is -0.140. The number of carboxylic acids is 1. The maximum atomic E-state index is 11.5. The van der Waals surface area contributed by atoms with Gasteiger partial charge in [0.05, 0.1) is 13.2 Å². The first-order valence-electron chi connectivity index (χ1n) is 5.97. The molecule has 0 saturated carbocycles. The highest BCUT2D eigenvalue weighted by molar-refractivity contribution is 5.73. The summed E-state index contributed by atoms with van der Waals surface area (Å²) in [6.07, 6.45) is -0.337. The van der Waals surface area contributed by atoms with Gasteiger partial charge in [0.25, 0.3) is 0 Å². The Morgan fingerprint density at radius 3 is 2.33 bits per heavy atom. The maximum Gasteiger partial charge on any atom is 0.409 e. The molecule has 104 valence electrons. The number of carbonyl (C=O) groups excluding carboxylic acids is 1. The minimum absolute atomic E-state index is 0.148. The number of hydrogen-bond acceptors (Lipinski definition) is 5. The molecule has 0 radical (unpaired) electrons. The van der Waals surface area contributed by atoms with Crippen LogP contribution in [0, 0.1) is 0 Å². The van der Waals surface area contributed by atoms with Crippen molar-refractivity contribution >= 4 is 12.1 Å². The molecule has 0 aromatic carbocycles. The molecule has 0 bridgehead atoms. The van der Waals surface area contributed by atoms with E-state index in [4.69, 9.17) is 14.6 Å². The molecule has 1 unspecified atom stereocenters. The number of aliphatic carboxylic acids is 1. The van der Waals surface area contributed by atoms with Crippen molar-refractivity contribution in [3.8, 4) is 0 Å². The number of ether oxygens (including phenoxy) is 2. The third-order valence-electron chi connectivity index (χ3n) is 2.89. The van der Waals surface area contributed by atoms with Gasteiger partial charge in [-0.15, -0.1) is 0 Å². The van der Waals surface area contributed by atoms with Gasteiger partial charge in [0.1, 0.15) is 6.04 Å². The zero-order chi connectivity index (χ0) is 13.5. The van der Waals surface area contributed by atoms with Gasteiger partial charge in [0, 0.05) is 33.3 Å². The summed E-state index contributed by atoms with van der Waals surface area (Å²) in [6.45, 7) is 4.24. The summed E-state index contributed by atoms with van der Waals surface area (Å²) in [5.41, 5.74) is 0. The van der Waals surface area contributed by atoms with Crippen molar-refractivity contribution in [1.82, 2.24) is 9.80 Å². The second-order valence-electron chi connectivity index (χ2n) is 4.03. The Kier molecular flexibility index (Phi) is 5.87. The van der Waals surface area contributed by atoms with Crippen LogP contribution in [0.25, 0.3) is 0 Å². The van der Waals surface area contributed by atoms with Crippen molar-refractivity contribution in [3.63, 3.8) is 0 Å². The number of amides is 1. The molecule has 18 heavy (non-hydrogen) atoms. The largest absolute Gasteiger partial charge is 0.480 e. The van der Waals surface area contributed by atoms with E-state index in [1.807, 2.05) is 4.90 Å². The lowest BCUT2D eigenvalue weighted by Gasteiger charge is -2.36. The third-order valence-corrected chi connectivity index (χ3v) is 2.89. The molecular formula is C11H20N2O5. The third kappa shape index (κ3) is 3.85. The standard InChI is InChI=1S/C11H20N2O5/c1-3-18-11(16)13-6-4-12(5-7-13)9(8-17-2)10(14)15/h9H,3-8H2,1-2H3,(H,14,15). The van der Waals surface area contributed by atoms with Gasteiger partial charge < -0.3 is 19.5 Å². The summed E-state index contributed by atoms with van der Waals surface area (Å²) in [4.78, 5) is 26.0. The maximum absolute atomic E-state index is 11.5. The molecule has 1 aliphatic rings. The summed E-state index contributed by atoms with van der Waals surface area (Å²) in [7, 11) is 1.48. The lowest BCUT2D eigenvalue weighted by atomic mass is 10.2.